The SMILES string of the molecule is Cc1cc(OCC(=O)N2CCC3(CC2)CC(=O)c2cc(Cl)c(C)cc2O3)ccc1Cl. The normalized spacial score (nSPS) is 17.5. The highest BCUT2D eigenvalue weighted by molar-refractivity contribution is 6.32. The molecule has 0 aromatic heterocycles. The summed E-state index contributed by atoms with van der Waals surface area (Å²) < 4.78 is 11.9. The average molecular weight is 448 g/mol. The third kappa shape index (κ3) is 4.14. The lowest BCUT2D eigenvalue weighted by Crippen LogP contribution is -2.53. The molecule has 1 fully saturated rings. The number of aryl methyl sites for hydroxylation is 2. The molecule has 1 amide bonds. The van der Waals surface area contributed by atoms with Gasteiger partial charge in [-0.15, -0.1) is 0 Å². The van der Waals surface area contributed by atoms with E-state index in [9.17, 15) is 9.59 Å². The second-order valence-corrected chi connectivity index (χ2v) is 8.88. The lowest BCUT2D eigenvalue weighted by Gasteiger charge is -2.44. The van der Waals surface area contributed by atoms with Crippen molar-refractivity contribution in [2.75, 3.05) is 19.7 Å². The van der Waals surface area contributed by atoms with Gasteiger partial charge in [0.15, 0.2) is 12.4 Å². The van der Waals surface area contributed by atoms with Crippen molar-refractivity contribution in [2.24, 2.45) is 0 Å². The van der Waals surface area contributed by atoms with E-state index in [-0.39, 0.29) is 18.3 Å². The minimum absolute atomic E-state index is 0.0333. The van der Waals surface area contributed by atoms with Crippen molar-refractivity contribution in [1.29, 1.82) is 0 Å². The van der Waals surface area contributed by atoms with E-state index in [1.54, 1.807) is 23.1 Å². The molecule has 2 aliphatic rings. The molecular weight excluding hydrogens is 425 g/mol. The van der Waals surface area contributed by atoms with Crippen molar-refractivity contribution in [3.63, 3.8) is 0 Å². The molecule has 2 aliphatic heterocycles. The summed E-state index contributed by atoms with van der Waals surface area (Å²) in [6.45, 7) is 4.80. The van der Waals surface area contributed by atoms with Crippen LogP contribution in [0.2, 0.25) is 10.0 Å². The maximum atomic E-state index is 12.7. The van der Waals surface area contributed by atoms with Gasteiger partial charge in [0.05, 0.1) is 12.0 Å². The molecule has 0 bridgehead atoms. The molecule has 0 saturated carbocycles. The maximum Gasteiger partial charge on any atom is 0.260 e. The fraction of sp³-hybridized carbons (Fsp3) is 0.391. The maximum absolute atomic E-state index is 12.7. The van der Waals surface area contributed by atoms with Crippen LogP contribution in [0.4, 0.5) is 0 Å². The van der Waals surface area contributed by atoms with E-state index in [2.05, 4.69) is 0 Å². The molecule has 30 heavy (non-hydrogen) atoms. The molecule has 0 radical (unpaired) electrons. The number of halogens is 2. The summed E-state index contributed by atoms with van der Waals surface area (Å²) in [6, 6.07) is 8.84. The van der Waals surface area contributed by atoms with Gasteiger partial charge < -0.3 is 14.4 Å². The van der Waals surface area contributed by atoms with Crippen LogP contribution in [-0.4, -0.2) is 41.9 Å². The number of piperidine rings is 1. The van der Waals surface area contributed by atoms with E-state index in [4.69, 9.17) is 32.7 Å². The van der Waals surface area contributed by atoms with Crippen LogP contribution in [0, 0.1) is 13.8 Å². The van der Waals surface area contributed by atoms with Crippen molar-refractivity contribution >= 4 is 34.9 Å². The molecule has 7 heteroatoms. The van der Waals surface area contributed by atoms with Crippen LogP contribution in [0.25, 0.3) is 0 Å². The largest absolute Gasteiger partial charge is 0.486 e. The van der Waals surface area contributed by atoms with Crippen LogP contribution in [-0.2, 0) is 4.79 Å². The van der Waals surface area contributed by atoms with E-state index in [1.165, 1.54) is 0 Å². The Labute approximate surface area is 185 Å². The summed E-state index contributed by atoms with van der Waals surface area (Å²) >= 11 is 12.2. The number of carbonyl (C=O) groups is 2. The molecule has 0 atom stereocenters. The molecular formula is C23H23Cl2NO4. The van der Waals surface area contributed by atoms with Gasteiger partial charge in [-0.25, -0.2) is 0 Å². The standard InChI is InChI=1S/C23H23Cl2NO4/c1-14-9-16(3-4-18(14)24)29-13-22(28)26-7-5-23(6-8-26)12-20(27)17-11-19(25)15(2)10-21(17)30-23/h3-4,9-11H,5-8,12-13H2,1-2H3. The summed E-state index contributed by atoms with van der Waals surface area (Å²) in [5.41, 5.74) is 1.76. The molecule has 2 aromatic rings. The van der Waals surface area contributed by atoms with Gasteiger partial charge in [0.2, 0.25) is 0 Å². The number of carbonyl (C=O) groups excluding carboxylic acids is 2. The number of ether oxygens (including phenoxy) is 2. The minimum atomic E-state index is -0.560. The third-order valence-electron chi connectivity index (χ3n) is 5.89. The van der Waals surface area contributed by atoms with Gasteiger partial charge in [0.25, 0.3) is 5.91 Å². The molecule has 5 nitrogen and oxygen atoms in total. The monoisotopic (exact) mass is 447 g/mol. The summed E-state index contributed by atoms with van der Waals surface area (Å²) in [6.07, 6.45) is 1.51. The predicted octanol–water partition coefficient (Wildman–Crippen LogP) is 5.02. The Morgan fingerprint density at radius 3 is 2.50 bits per heavy atom. The van der Waals surface area contributed by atoms with Crippen LogP contribution >= 0.6 is 23.2 Å². The number of fused-ring (bicyclic) bond motifs is 1. The quantitative estimate of drug-likeness (QED) is 0.662. The Bertz CT molecular complexity index is 1010. The highest BCUT2D eigenvalue weighted by Gasteiger charge is 2.43. The van der Waals surface area contributed by atoms with Gasteiger partial charge in [-0.2, -0.15) is 0 Å². The van der Waals surface area contributed by atoms with Gasteiger partial charge >= 0.3 is 0 Å². The fourth-order valence-corrected chi connectivity index (χ4v) is 4.28. The van der Waals surface area contributed by atoms with Gasteiger partial charge in [-0.3, -0.25) is 9.59 Å². The molecule has 4 rings (SSSR count). The summed E-state index contributed by atoms with van der Waals surface area (Å²) in [7, 11) is 0. The van der Waals surface area contributed by atoms with E-state index in [0.29, 0.717) is 59.5 Å². The predicted molar refractivity (Wildman–Crippen MR) is 116 cm³/mol. The number of Topliss-reactive ketones (excluding diaryl/α,β-unsaturated/α-hetero) is 1. The van der Waals surface area contributed by atoms with Crippen LogP contribution < -0.4 is 9.47 Å². The average Bonchev–Trinajstić information content (AvgIpc) is 2.71. The lowest BCUT2D eigenvalue weighted by atomic mass is 9.82. The highest BCUT2D eigenvalue weighted by Crippen LogP contribution is 2.41. The number of rotatable bonds is 3. The van der Waals surface area contributed by atoms with Crippen molar-refractivity contribution in [3.8, 4) is 11.5 Å². The Morgan fingerprint density at radius 1 is 1.10 bits per heavy atom. The first-order valence-electron chi connectivity index (χ1n) is 9.95. The Balaban J connectivity index is 1.37. The topological polar surface area (TPSA) is 55.8 Å². The highest BCUT2D eigenvalue weighted by atomic mass is 35.5. The minimum Gasteiger partial charge on any atom is -0.486 e. The zero-order valence-electron chi connectivity index (χ0n) is 17.0. The summed E-state index contributed by atoms with van der Waals surface area (Å²) in [5, 5.41) is 1.23. The molecule has 158 valence electrons. The summed E-state index contributed by atoms with van der Waals surface area (Å²) in [5.74, 6) is 1.17. The number of hydrogen-bond donors (Lipinski definition) is 0. The van der Waals surface area contributed by atoms with E-state index in [1.807, 2.05) is 26.0 Å². The van der Waals surface area contributed by atoms with Gasteiger partial charge in [-0.05, 0) is 55.3 Å². The Morgan fingerprint density at radius 2 is 1.80 bits per heavy atom. The molecule has 2 heterocycles. The zero-order chi connectivity index (χ0) is 21.5. The van der Waals surface area contributed by atoms with Gasteiger partial charge in [0.1, 0.15) is 17.1 Å². The van der Waals surface area contributed by atoms with Crippen molar-refractivity contribution < 1.29 is 19.1 Å². The van der Waals surface area contributed by atoms with Gasteiger partial charge in [0, 0.05) is 36.0 Å². The van der Waals surface area contributed by atoms with Crippen LogP contribution in [0.15, 0.2) is 30.3 Å². The van der Waals surface area contributed by atoms with Crippen molar-refractivity contribution in [1.82, 2.24) is 4.90 Å². The molecule has 0 unspecified atom stereocenters. The van der Waals surface area contributed by atoms with Crippen LogP contribution in [0.3, 0.4) is 0 Å². The molecule has 2 aromatic carbocycles. The smallest absolute Gasteiger partial charge is 0.260 e. The van der Waals surface area contributed by atoms with Crippen molar-refractivity contribution in [2.45, 2.75) is 38.7 Å². The molecule has 0 aliphatic carbocycles. The molecule has 0 N–H and O–H groups in total. The van der Waals surface area contributed by atoms with Crippen molar-refractivity contribution in [3.05, 3.63) is 57.1 Å². The number of hydrogen-bond acceptors (Lipinski definition) is 4. The molecule has 1 spiro atoms. The number of likely N-dealkylation sites (tertiary alicyclic amines) is 1. The van der Waals surface area contributed by atoms with E-state index in [0.717, 1.165) is 11.1 Å². The number of ketones is 1. The first-order chi connectivity index (χ1) is 14.3. The fourth-order valence-electron chi connectivity index (χ4n) is 4.00. The van der Waals surface area contributed by atoms with E-state index < -0.39 is 5.60 Å². The Kier molecular flexibility index (Phi) is 5.69. The zero-order valence-corrected chi connectivity index (χ0v) is 18.5. The first kappa shape index (κ1) is 21.0. The number of benzene rings is 2. The second kappa shape index (κ2) is 8.12. The number of amides is 1. The molecule has 1 saturated heterocycles. The third-order valence-corrected chi connectivity index (χ3v) is 6.72. The number of nitrogens with zero attached hydrogens (tertiary/aromatic N) is 1. The Hall–Kier alpha value is -2.24. The van der Waals surface area contributed by atoms with Crippen LogP contribution in [0.5, 0.6) is 11.5 Å². The summed E-state index contributed by atoms with van der Waals surface area (Å²) in [4.78, 5) is 27.1. The lowest BCUT2D eigenvalue weighted by molar-refractivity contribution is -0.136. The van der Waals surface area contributed by atoms with E-state index >= 15 is 0 Å². The van der Waals surface area contributed by atoms with Gasteiger partial charge in [-0.1, -0.05) is 23.2 Å². The first-order valence-corrected chi connectivity index (χ1v) is 10.7. The second-order valence-electron chi connectivity index (χ2n) is 8.06. The van der Waals surface area contributed by atoms with Crippen LogP contribution in [0.1, 0.15) is 40.7 Å².